The molecule has 0 bridgehead atoms. The fraction of sp³-hybridized carbons (Fsp3) is 0.464. The fourth-order valence-corrected chi connectivity index (χ4v) is 5.78. The summed E-state index contributed by atoms with van der Waals surface area (Å²) >= 11 is 12.3. The number of carbonyl (C=O) groups excluding carboxylic acids is 3. The van der Waals surface area contributed by atoms with Gasteiger partial charge in [-0.2, -0.15) is 26.3 Å². The Kier molecular flexibility index (Phi) is 8.56. The van der Waals surface area contributed by atoms with Gasteiger partial charge in [-0.15, -0.1) is 0 Å². The third-order valence-corrected chi connectivity index (χ3v) is 8.47. The van der Waals surface area contributed by atoms with Crippen LogP contribution in [0.1, 0.15) is 53.2 Å². The number of nitrogens with zero attached hydrogens (tertiary/aromatic N) is 3. The van der Waals surface area contributed by atoms with Crippen molar-refractivity contribution in [3.8, 4) is 0 Å². The molecule has 6 nitrogen and oxygen atoms in total. The van der Waals surface area contributed by atoms with Gasteiger partial charge >= 0.3 is 12.4 Å². The fourth-order valence-electron chi connectivity index (χ4n) is 5.48. The summed E-state index contributed by atoms with van der Waals surface area (Å²) < 4.78 is 80.6. The summed E-state index contributed by atoms with van der Waals surface area (Å²) in [4.78, 5) is 42.9. The summed E-state index contributed by atoms with van der Waals surface area (Å²) in [6, 6.07) is 4.71. The summed E-state index contributed by atoms with van der Waals surface area (Å²) in [6.45, 7) is 4.02. The Morgan fingerprint density at radius 1 is 0.976 bits per heavy atom. The number of carbonyl (C=O) groups is 3. The van der Waals surface area contributed by atoms with Crippen LogP contribution in [0.5, 0.6) is 0 Å². The van der Waals surface area contributed by atoms with Gasteiger partial charge in [-0.3, -0.25) is 14.4 Å². The van der Waals surface area contributed by atoms with Crippen molar-refractivity contribution in [2.75, 3.05) is 33.2 Å². The number of likely N-dealkylation sites (N-methyl/N-ethyl adjacent to an activating group) is 1. The second-order valence-corrected chi connectivity index (χ2v) is 12.0. The largest absolute Gasteiger partial charge is 0.416 e. The van der Waals surface area contributed by atoms with E-state index in [2.05, 4.69) is 0 Å². The average molecular weight is 638 g/mol. The Bertz CT molecular complexity index is 1380. The molecule has 0 unspecified atom stereocenters. The van der Waals surface area contributed by atoms with E-state index in [1.807, 2.05) is 0 Å². The molecule has 2 heterocycles. The second-order valence-electron chi connectivity index (χ2n) is 11.2. The summed E-state index contributed by atoms with van der Waals surface area (Å²) in [5, 5.41) is 0.430. The number of halogens is 8. The molecule has 0 radical (unpaired) electrons. The third kappa shape index (κ3) is 6.49. The number of likely N-dealkylation sites (tertiary alicyclic amines) is 2. The van der Waals surface area contributed by atoms with Crippen molar-refractivity contribution in [3.05, 3.63) is 68.7 Å². The summed E-state index contributed by atoms with van der Waals surface area (Å²) in [6.07, 6.45) is -10.1. The van der Waals surface area contributed by atoms with Crippen molar-refractivity contribution >= 4 is 40.9 Å². The van der Waals surface area contributed by atoms with Crippen LogP contribution in [0.25, 0.3) is 0 Å². The van der Waals surface area contributed by atoms with Crippen LogP contribution in [-0.2, 0) is 21.9 Å². The lowest BCUT2D eigenvalue weighted by molar-refractivity contribution is -0.161. The first-order valence-corrected chi connectivity index (χ1v) is 13.6. The molecule has 2 saturated heterocycles. The SMILES string of the molecule is CN(C(=O)c1cc(C(F)(F)F)cc(C(F)(F)F)c1)[C@@H]1CCN(C(=O)CN2CC(C)(C)C2=O)C[C@H]1c1ccc(Cl)c(Cl)c1. The highest BCUT2D eigenvalue weighted by Crippen LogP contribution is 2.38. The van der Waals surface area contributed by atoms with Crippen molar-refractivity contribution < 1.29 is 40.7 Å². The molecule has 2 aliphatic heterocycles. The average Bonchev–Trinajstić information content (AvgIpc) is 2.91. The Morgan fingerprint density at radius 3 is 2.07 bits per heavy atom. The standard InChI is InChI=1S/C28H27Cl2F6N3O3/c1-26(2)14-39(25(26)42)13-23(40)38-7-6-22(19(12-38)15-4-5-20(29)21(30)10-15)37(3)24(41)16-8-17(27(31,32)33)11-18(9-16)28(34,35)36/h4-5,8-11,19,22H,6-7,12-14H2,1-3H3/t19-,22+/m0/s1. The lowest BCUT2D eigenvalue weighted by Crippen LogP contribution is -2.61. The van der Waals surface area contributed by atoms with Gasteiger partial charge in [0.05, 0.1) is 33.1 Å². The Labute approximate surface area is 248 Å². The van der Waals surface area contributed by atoms with E-state index in [0.29, 0.717) is 24.2 Å². The van der Waals surface area contributed by atoms with Crippen LogP contribution in [-0.4, -0.2) is 71.7 Å². The van der Waals surface area contributed by atoms with Gasteiger partial charge in [0.2, 0.25) is 11.8 Å². The van der Waals surface area contributed by atoms with E-state index < -0.39 is 52.3 Å². The van der Waals surface area contributed by atoms with Crippen molar-refractivity contribution in [3.63, 3.8) is 0 Å². The maximum atomic E-state index is 13.4. The molecule has 3 amide bonds. The van der Waals surface area contributed by atoms with Gasteiger partial charge in [0, 0.05) is 44.2 Å². The van der Waals surface area contributed by atoms with Crippen molar-refractivity contribution in [1.29, 1.82) is 0 Å². The van der Waals surface area contributed by atoms with E-state index in [1.165, 1.54) is 22.9 Å². The molecule has 0 aromatic heterocycles. The molecule has 228 valence electrons. The maximum absolute atomic E-state index is 13.4. The minimum absolute atomic E-state index is 0.0383. The minimum atomic E-state index is -5.11. The minimum Gasteiger partial charge on any atom is -0.340 e. The zero-order valence-electron chi connectivity index (χ0n) is 22.7. The van der Waals surface area contributed by atoms with Gasteiger partial charge in [0.25, 0.3) is 5.91 Å². The molecule has 0 aliphatic carbocycles. The molecule has 2 fully saturated rings. The summed E-state index contributed by atoms with van der Waals surface area (Å²) in [7, 11) is 1.29. The van der Waals surface area contributed by atoms with Crippen LogP contribution in [0.15, 0.2) is 36.4 Å². The Hall–Kier alpha value is -2.99. The van der Waals surface area contributed by atoms with E-state index in [1.54, 1.807) is 26.0 Å². The topological polar surface area (TPSA) is 60.9 Å². The van der Waals surface area contributed by atoms with Gasteiger partial charge in [-0.25, -0.2) is 0 Å². The van der Waals surface area contributed by atoms with Crippen molar-refractivity contribution in [1.82, 2.24) is 14.7 Å². The number of piperidine rings is 1. The van der Waals surface area contributed by atoms with Crippen LogP contribution >= 0.6 is 23.2 Å². The zero-order valence-corrected chi connectivity index (χ0v) is 24.3. The molecule has 42 heavy (non-hydrogen) atoms. The van der Waals surface area contributed by atoms with Crippen LogP contribution < -0.4 is 0 Å². The summed E-state index contributed by atoms with van der Waals surface area (Å²) in [5.74, 6) is -2.15. The third-order valence-electron chi connectivity index (χ3n) is 7.73. The molecule has 0 spiro atoms. The van der Waals surface area contributed by atoms with Gasteiger partial charge in [0.15, 0.2) is 0 Å². The molecule has 2 atom stereocenters. The molecule has 14 heteroatoms. The van der Waals surface area contributed by atoms with E-state index in [0.717, 1.165) is 4.90 Å². The van der Waals surface area contributed by atoms with Crippen LogP contribution in [0.4, 0.5) is 26.3 Å². The summed E-state index contributed by atoms with van der Waals surface area (Å²) in [5.41, 5.74) is -3.95. The monoisotopic (exact) mass is 637 g/mol. The molecule has 0 saturated carbocycles. The number of alkyl halides is 6. The van der Waals surface area contributed by atoms with Crippen LogP contribution in [0.2, 0.25) is 10.0 Å². The van der Waals surface area contributed by atoms with Crippen molar-refractivity contribution in [2.24, 2.45) is 5.41 Å². The number of β-lactam (4-membered cyclic amide) rings is 1. The normalized spacial score (nSPS) is 20.8. The van der Waals surface area contributed by atoms with E-state index in [4.69, 9.17) is 23.2 Å². The Balaban J connectivity index is 1.64. The first kappa shape index (κ1) is 31.9. The molecule has 0 N–H and O–H groups in total. The van der Waals surface area contributed by atoms with Crippen LogP contribution in [0.3, 0.4) is 0 Å². The van der Waals surface area contributed by atoms with E-state index >= 15 is 0 Å². The highest BCUT2D eigenvalue weighted by molar-refractivity contribution is 6.42. The molecular formula is C28H27Cl2F6N3O3. The number of rotatable bonds is 5. The predicted octanol–water partition coefficient (Wildman–Crippen LogP) is 6.36. The van der Waals surface area contributed by atoms with E-state index in [9.17, 15) is 40.7 Å². The van der Waals surface area contributed by atoms with Crippen LogP contribution in [0, 0.1) is 5.41 Å². The van der Waals surface area contributed by atoms with Gasteiger partial charge < -0.3 is 14.7 Å². The Morgan fingerprint density at radius 2 is 1.57 bits per heavy atom. The molecule has 2 aromatic carbocycles. The second kappa shape index (κ2) is 11.3. The van der Waals surface area contributed by atoms with Gasteiger partial charge in [-0.05, 0) is 56.2 Å². The number of hydrogen-bond donors (Lipinski definition) is 0. The van der Waals surface area contributed by atoms with Gasteiger partial charge in [0.1, 0.15) is 0 Å². The van der Waals surface area contributed by atoms with E-state index in [-0.39, 0.29) is 54.0 Å². The van der Waals surface area contributed by atoms with Crippen molar-refractivity contribution in [2.45, 2.75) is 44.6 Å². The lowest BCUT2D eigenvalue weighted by atomic mass is 9.83. The molecular weight excluding hydrogens is 611 g/mol. The highest BCUT2D eigenvalue weighted by Gasteiger charge is 2.46. The first-order valence-electron chi connectivity index (χ1n) is 12.9. The molecule has 2 aromatic rings. The lowest BCUT2D eigenvalue weighted by Gasteiger charge is -2.46. The maximum Gasteiger partial charge on any atom is 0.416 e. The molecule has 2 aliphatic rings. The molecule has 4 rings (SSSR count). The predicted molar refractivity (Wildman–Crippen MR) is 143 cm³/mol. The smallest absolute Gasteiger partial charge is 0.340 e. The highest BCUT2D eigenvalue weighted by atomic mass is 35.5. The zero-order chi connectivity index (χ0) is 31.4. The van der Waals surface area contributed by atoms with Gasteiger partial charge in [-0.1, -0.05) is 29.3 Å². The number of hydrogen-bond acceptors (Lipinski definition) is 3. The first-order chi connectivity index (χ1) is 19.3. The number of benzene rings is 2. The quantitative estimate of drug-likeness (QED) is 0.283. The number of amides is 3.